The number of nitrogens with one attached hydrogen (secondary N) is 1. The van der Waals surface area contributed by atoms with E-state index in [1.165, 1.54) is 23.9 Å². The number of amidine groups is 1. The van der Waals surface area contributed by atoms with E-state index in [2.05, 4.69) is 26.2 Å². The van der Waals surface area contributed by atoms with Crippen molar-refractivity contribution in [1.29, 1.82) is 0 Å². The number of rotatable bonds is 6. The Bertz CT molecular complexity index is 1170. The minimum Gasteiger partial charge on any atom is -0.325 e. The number of amides is 2. The van der Waals surface area contributed by atoms with Gasteiger partial charge in [-0.15, -0.1) is 0 Å². The molecule has 3 aromatic carbocycles. The summed E-state index contributed by atoms with van der Waals surface area (Å²) in [4.78, 5) is 32.2. The van der Waals surface area contributed by atoms with Gasteiger partial charge in [-0.2, -0.15) is 0 Å². The summed E-state index contributed by atoms with van der Waals surface area (Å²) in [6.45, 7) is 0.440. The highest BCUT2D eigenvalue weighted by molar-refractivity contribution is 9.10. The maximum atomic E-state index is 13.3. The lowest BCUT2D eigenvalue weighted by Crippen LogP contribution is -2.46. The van der Waals surface area contributed by atoms with Gasteiger partial charge in [-0.05, 0) is 54.4 Å². The van der Waals surface area contributed by atoms with Gasteiger partial charge in [0, 0.05) is 23.1 Å². The van der Waals surface area contributed by atoms with Crippen molar-refractivity contribution in [2.24, 2.45) is 4.99 Å². The van der Waals surface area contributed by atoms with Gasteiger partial charge in [-0.25, -0.2) is 9.38 Å². The summed E-state index contributed by atoms with van der Waals surface area (Å²) < 4.78 is 14.2. The molecule has 0 bridgehead atoms. The van der Waals surface area contributed by atoms with Crippen molar-refractivity contribution >= 4 is 56.0 Å². The van der Waals surface area contributed by atoms with Crippen molar-refractivity contribution in [3.8, 4) is 0 Å². The number of hydrogen-bond donors (Lipinski definition) is 1. The summed E-state index contributed by atoms with van der Waals surface area (Å²) in [6, 6.07) is 22.9. The average Bonchev–Trinajstić information content (AvgIpc) is 2.80. The molecule has 4 rings (SSSR count). The lowest BCUT2D eigenvalue weighted by atomic mass is 10.1. The molecule has 0 aliphatic carbocycles. The first-order valence-electron chi connectivity index (χ1n) is 10.4. The van der Waals surface area contributed by atoms with Gasteiger partial charge in [0.15, 0.2) is 5.17 Å². The van der Waals surface area contributed by atoms with Crippen LogP contribution < -0.4 is 5.32 Å². The van der Waals surface area contributed by atoms with Gasteiger partial charge < -0.3 is 5.32 Å². The van der Waals surface area contributed by atoms with Crippen LogP contribution in [0.5, 0.6) is 0 Å². The average molecular weight is 526 g/mol. The SMILES string of the molecule is O=C(Nc1cccc(Br)c1)C1CC(=O)N(CCc2ccccc2)C(=Nc2ccc(F)cc2)S1. The van der Waals surface area contributed by atoms with Crippen molar-refractivity contribution in [3.05, 3.63) is 94.7 Å². The van der Waals surface area contributed by atoms with Gasteiger partial charge in [0.2, 0.25) is 11.8 Å². The van der Waals surface area contributed by atoms with E-state index in [0.29, 0.717) is 29.5 Å². The zero-order valence-electron chi connectivity index (χ0n) is 17.6. The molecular weight excluding hydrogens is 505 g/mol. The molecule has 0 aromatic heterocycles. The van der Waals surface area contributed by atoms with Crippen LogP contribution in [0.15, 0.2) is 88.3 Å². The Morgan fingerprint density at radius 3 is 2.58 bits per heavy atom. The molecule has 8 heteroatoms. The lowest BCUT2D eigenvalue weighted by Gasteiger charge is -2.32. The fourth-order valence-corrected chi connectivity index (χ4v) is 4.89. The van der Waals surface area contributed by atoms with Crippen molar-refractivity contribution in [2.45, 2.75) is 18.1 Å². The predicted octanol–water partition coefficient (Wildman–Crippen LogP) is 5.79. The molecule has 1 fully saturated rings. The molecule has 1 heterocycles. The number of anilines is 1. The van der Waals surface area contributed by atoms with E-state index in [-0.39, 0.29) is 24.1 Å². The van der Waals surface area contributed by atoms with Crippen molar-refractivity contribution in [1.82, 2.24) is 4.90 Å². The maximum absolute atomic E-state index is 13.3. The number of hydrogen-bond acceptors (Lipinski definition) is 4. The van der Waals surface area contributed by atoms with Crippen LogP contribution in [0.25, 0.3) is 0 Å². The fraction of sp³-hybridized carbons (Fsp3) is 0.160. The second kappa shape index (κ2) is 10.8. The highest BCUT2D eigenvalue weighted by atomic mass is 79.9. The molecule has 1 N–H and O–H groups in total. The van der Waals surface area contributed by atoms with Crippen LogP contribution in [0.3, 0.4) is 0 Å². The van der Waals surface area contributed by atoms with Gasteiger partial charge in [0.25, 0.3) is 0 Å². The Labute approximate surface area is 204 Å². The molecule has 5 nitrogen and oxygen atoms in total. The Morgan fingerprint density at radius 2 is 1.85 bits per heavy atom. The Morgan fingerprint density at radius 1 is 1.09 bits per heavy atom. The molecule has 1 aliphatic rings. The van der Waals surface area contributed by atoms with E-state index in [0.717, 1.165) is 10.0 Å². The summed E-state index contributed by atoms with van der Waals surface area (Å²) in [5, 5.41) is 2.68. The van der Waals surface area contributed by atoms with Gasteiger partial charge in [-0.3, -0.25) is 14.5 Å². The highest BCUT2D eigenvalue weighted by Crippen LogP contribution is 2.30. The normalized spacial score (nSPS) is 17.3. The largest absolute Gasteiger partial charge is 0.325 e. The number of aliphatic imine (C=N–C) groups is 1. The third-order valence-electron chi connectivity index (χ3n) is 5.04. The molecule has 2 amide bonds. The minimum absolute atomic E-state index is 0.0712. The number of carbonyl (C=O) groups is 2. The van der Waals surface area contributed by atoms with E-state index in [9.17, 15) is 14.0 Å². The summed E-state index contributed by atoms with van der Waals surface area (Å²) in [5.41, 5.74) is 2.27. The molecule has 0 radical (unpaired) electrons. The monoisotopic (exact) mass is 525 g/mol. The van der Waals surface area contributed by atoms with E-state index in [4.69, 9.17) is 0 Å². The second-order valence-corrected chi connectivity index (χ2v) is 9.55. The maximum Gasteiger partial charge on any atom is 0.238 e. The van der Waals surface area contributed by atoms with E-state index < -0.39 is 5.25 Å². The number of thioether (sulfide) groups is 1. The topological polar surface area (TPSA) is 61.8 Å². The van der Waals surface area contributed by atoms with Gasteiger partial charge in [-0.1, -0.05) is 64.1 Å². The van der Waals surface area contributed by atoms with Crippen LogP contribution in [0.2, 0.25) is 0 Å². The van der Waals surface area contributed by atoms with Gasteiger partial charge in [0.1, 0.15) is 11.1 Å². The van der Waals surface area contributed by atoms with Crippen molar-refractivity contribution in [3.63, 3.8) is 0 Å². The Balaban J connectivity index is 1.55. The van der Waals surface area contributed by atoms with Crippen LogP contribution in [-0.4, -0.2) is 33.7 Å². The lowest BCUT2D eigenvalue weighted by molar-refractivity contribution is -0.129. The highest BCUT2D eigenvalue weighted by Gasteiger charge is 2.35. The zero-order chi connectivity index (χ0) is 23.2. The Hall–Kier alpha value is -2.97. The number of benzene rings is 3. The van der Waals surface area contributed by atoms with Crippen LogP contribution in [0.4, 0.5) is 15.8 Å². The standard InChI is InChI=1S/C25H21BrFN3O2S/c26-18-7-4-8-21(15-18)28-24(32)22-16-23(31)30(14-13-17-5-2-1-3-6-17)25(33-22)29-20-11-9-19(27)10-12-20/h1-12,15,22H,13-14,16H2,(H,28,32). The van der Waals surface area contributed by atoms with Crippen LogP contribution >= 0.6 is 27.7 Å². The van der Waals surface area contributed by atoms with E-state index >= 15 is 0 Å². The molecule has 3 aromatic rings. The molecule has 1 unspecified atom stereocenters. The quantitative estimate of drug-likeness (QED) is 0.442. The van der Waals surface area contributed by atoms with Crippen LogP contribution in [-0.2, 0) is 16.0 Å². The first kappa shape index (κ1) is 23.2. The van der Waals surface area contributed by atoms with Crippen LogP contribution in [0.1, 0.15) is 12.0 Å². The second-order valence-electron chi connectivity index (χ2n) is 7.46. The fourth-order valence-electron chi connectivity index (χ4n) is 3.36. The summed E-state index contributed by atoms with van der Waals surface area (Å²) in [7, 11) is 0. The number of halogens is 2. The third kappa shape index (κ3) is 6.30. The summed E-state index contributed by atoms with van der Waals surface area (Å²) in [6.07, 6.45) is 0.728. The molecule has 0 saturated carbocycles. The molecule has 1 saturated heterocycles. The van der Waals surface area contributed by atoms with Gasteiger partial charge >= 0.3 is 0 Å². The summed E-state index contributed by atoms with van der Waals surface area (Å²) >= 11 is 4.64. The smallest absolute Gasteiger partial charge is 0.238 e. The summed E-state index contributed by atoms with van der Waals surface area (Å²) in [5.74, 6) is -0.792. The van der Waals surface area contributed by atoms with Crippen molar-refractivity contribution in [2.75, 3.05) is 11.9 Å². The molecular formula is C25H21BrFN3O2S. The van der Waals surface area contributed by atoms with Crippen LogP contribution in [0, 0.1) is 5.82 Å². The third-order valence-corrected chi connectivity index (χ3v) is 6.72. The molecule has 1 aliphatic heterocycles. The molecule has 0 spiro atoms. The molecule has 1 atom stereocenters. The number of nitrogens with zero attached hydrogens (tertiary/aromatic N) is 2. The van der Waals surface area contributed by atoms with E-state index in [1.54, 1.807) is 29.2 Å². The predicted molar refractivity (Wildman–Crippen MR) is 134 cm³/mol. The zero-order valence-corrected chi connectivity index (χ0v) is 20.0. The Kier molecular flexibility index (Phi) is 7.57. The minimum atomic E-state index is -0.622. The first-order valence-corrected chi connectivity index (χ1v) is 12.1. The number of carbonyl (C=O) groups excluding carboxylic acids is 2. The van der Waals surface area contributed by atoms with E-state index in [1.807, 2.05) is 42.5 Å². The van der Waals surface area contributed by atoms with Gasteiger partial charge in [0.05, 0.1) is 5.69 Å². The molecule has 168 valence electrons. The first-order chi connectivity index (χ1) is 16.0. The van der Waals surface area contributed by atoms with Crippen molar-refractivity contribution < 1.29 is 14.0 Å². The molecule has 33 heavy (non-hydrogen) atoms.